The molecule has 1 aliphatic rings. The number of hydrazone groups is 1. The lowest BCUT2D eigenvalue weighted by Gasteiger charge is -2.12. The number of nitrogens with zero attached hydrogens (tertiary/aromatic N) is 3. The van der Waals surface area contributed by atoms with Gasteiger partial charge in [0.2, 0.25) is 5.91 Å². The fraction of sp³-hybridized carbons (Fsp3) is 0.182. The highest BCUT2D eigenvalue weighted by molar-refractivity contribution is 7.00. The molecule has 0 saturated carbocycles. The Morgan fingerprint density at radius 1 is 1.35 bits per heavy atom. The Hall–Kier alpha value is -2.06. The van der Waals surface area contributed by atoms with E-state index in [0.717, 1.165) is 11.7 Å². The third-order valence-electron chi connectivity index (χ3n) is 2.78. The van der Waals surface area contributed by atoms with Gasteiger partial charge in [0, 0.05) is 12.8 Å². The van der Waals surface area contributed by atoms with Crippen molar-refractivity contribution in [1.82, 2.24) is 14.2 Å². The van der Waals surface area contributed by atoms with Crippen LogP contribution < -0.4 is 10.7 Å². The molecular weight excluding hydrogens is 302 g/mol. The van der Waals surface area contributed by atoms with Crippen LogP contribution in [0.2, 0.25) is 5.02 Å². The number of carbonyl (C=O) groups is 2. The van der Waals surface area contributed by atoms with E-state index in [9.17, 15) is 9.59 Å². The number of rotatable bonds is 2. The van der Waals surface area contributed by atoms with Crippen molar-refractivity contribution in [2.75, 3.05) is 5.32 Å². The summed E-state index contributed by atoms with van der Waals surface area (Å²) in [5, 5.41) is 6.78. The average Bonchev–Trinajstić information content (AvgIpc) is 2.91. The lowest BCUT2D eigenvalue weighted by Crippen LogP contribution is -2.32. The molecule has 102 valence electrons. The molecule has 0 bridgehead atoms. The summed E-state index contributed by atoms with van der Waals surface area (Å²) in [6.07, 6.45) is 0.531. The van der Waals surface area contributed by atoms with Crippen LogP contribution in [0.3, 0.4) is 0 Å². The molecule has 2 amide bonds. The van der Waals surface area contributed by atoms with Crippen molar-refractivity contribution in [3.05, 3.63) is 17.2 Å². The van der Waals surface area contributed by atoms with Gasteiger partial charge in [-0.3, -0.25) is 9.59 Å². The first-order valence-corrected chi connectivity index (χ1v) is 6.83. The van der Waals surface area contributed by atoms with Gasteiger partial charge in [0.1, 0.15) is 16.7 Å². The summed E-state index contributed by atoms with van der Waals surface area (Å²) < 4.78 is 8.20. The zero-order valence-corrected chi connectivity index (χ0v) is 11.6. The van der Waals surface area contributed by atoms with Crippen LogP contribution in [-0.4, -0.2) is 26.3 Å². The SMILES string of the molecule is O=C1CCC(C(=O)Nc2c(Cl)ccc3nsnc23)=NN1. The fourth-order valence-electron chi connectivity index (χ4n) is 1.77. The highest BCUT2D eigenvalue weighted by Crippen LogP contribution is 2.30. The second-order valence-corrected chi connectivity index (χ2v) is 5.04. The summed E-state index contributed by atoms with van der Waals surface area (Å²) in [7, 11) is 0. The number of nitrogens with one attached hydrogen (secondary N) is 2. The van der Waals surface area contributed by atoms with Gasteiger partial charge in [0.05, 0.1) is 22.4 Å². The molecule has 9 heteroatoms. The minimum Gasteiger partial charge on any atom is -0.318 e. The number of anilines is 1. The van der Waals surface area contributed by atoms with Crippen molar-refractivity contribution >= 4 is 57.6 Å². The standard InChI is InChI=1S/C11H8ClN5O2S/c12-5-1-2-6-10(17-20-16-6)9(5)13-11(19)7-3-4-8(18)15-14-7/h1-2H,3-4H2,(H,13,19)(H,15,18). The van der Waals surface area contributed by atoms with Crippen molar-refractivity contribution in [2.45, 2.75) is 12.8 Å². The monoisotopic (exact) mass is 309 g/mol. The predicted octanol–water partition coefficient (Wildman–Crippen LogP) is 1.55. The van der Waals surface area contributed by atoms with E-state index in [1.54, 1.807) is 12.1 Å². The molecule has 1 aliphatic heterocycles. The molecule has 3 rings (SSSR count). The Labute approximate surface area is 122 Å². The summed E-state index contributed by atoms with van der Waals surface area (Å²) in [5.74, 6) is -0.613. The van der Waals surface area contributed by atoms with Crippen LogP contribution in [0.15, 0.2) is 17.2 Å². The van der Waals surface area contributed by atoms with E-state index in [1.807, 2.05) is 0 Å². The minimum absolute atomic E-state index is 0.203. The summed E-state index contributed by atoms with van der Waals surface area (Å²) in [6, 6.07) is 3.38. The molecule has 0 fully saturated rings. The lowest BCUT2D eigenvalue weighted by atomic mass is 10.1. The Bertz CT molecular complexity index is 741. The molecule has 2 aromatic rings. The van der Waals surface area contributed by atoms with Crippen LogP contribution in [-0.2, 0) is 9.59 Å². The third kappa shape index (κ3) is 2.35. The topological polar surface area (TPSA) is 96.3 Å². The quantitative estimate of drug-likeness (QED) is 0.879. The first kappa shape index (κ1) is 12.9. The molecule has 0 unspecified atom stereocenters. The zero-order chi connectivity index (χ0) is 14.1. The molecular formula is C11H8ClN5O2S. The number of amides is 2. The zero-order valence-electron chi connectivity index (χ0n) is 10.0. The number of benzene rings is 1. The maximum absolute atomic E-state index is 12.1. The molecule has 0 aliphatic carbocycles. The molecule has 2 heterocycles. The Morgan fingerprint density at radius 2 is 2.20 bits per heavy atom. The summed E-state index contributed by atoms with van der Waals surface area (Å²) >= 11 is 7.12. The van der Waals surface area contributed by atoms with Crippen LogP contribution in [0.5, 0.6) is 0 Å². The van der Waals surface area contributed by atoms with Gasteiger partial charge in [-0.05, 0) is 12.1 Å². The number of hydrogen-bond acceptors (Lipinski definition) is 6. The summed E-state index contributed by atoms with van der Waals surface area (Å²) in [5.41, 5.74) is 4.13. The van der Waals surface area contributed by atoms with Crippen molar-refractivity contribution < 1.29 is 9.59 Å². The third-order valence-corrected chi connectivity index (χ3v) is 3.64. The van der Waals surface area contributed by atoms with Gasteiger partial charge in [-0.25, -0.2) is 5.43 Å². The van der Waals surface area contributed by atoms with E-state index < -0.39 is 5.91 Å². The van der Waals surface area contributed by atoms with Gasteiger partial charge in [-0.2, -0.15) is 13.8 Å². The number of aromatic nitrogens is 2. The van der Waals surface area contributed by atoms with E-state index in [-0.39, 0.29) is 18.0 Å². The van der Waals surface area contributed by atoms with Crippen molar-refractivity contribution in [1.29, 1.82) is 0 Å². The second kappa shape index (κ2) is 5.14. The maximum Gasteiger partial charge on any atom is 0.271 e. The molecule has 0 saturated heterocycles. The van der Waals surface area contributed by atoms with E-state index in [1.165, 1.54) is 0 Å². The van der Waals surface area contributed by atoms with Gasteiger partial charge >= 0.3 is 0 Å². The maximum atomic E-state index is 12.1. The highest BCUT2D eigenvalue weighted by atomic mass is 35.5. The number of carbonyl (C=O) groups excluding carboxylic acids is 2. The Balaban J connectivity index is 1.89. The largest absolute Gasteiger partial charge is 0.318 e. The van der Waals surface area contributed by atoms with Crippen molar-refractivity contribution in [3.63, 3.8) is 0 Å². The molecule has 20 heavy (non-hydrogen) atoms. The van der Waals surface area contributed by atoms with Gasteiger partial charge in [0.15, 0.2) is 0 Å². The minimum atomic E-state index is -0.410. The van der Waals surface area contributed by atoms with Crippen molar-refractivity contribution in [2.24, 2.45) is 5.10 Å². The normalized spacial score (nSPS) is 14.8. The molecule has 0 radical (unpaired) electrons. The van der Waals surface area contributed by atoms with E-state index >= 15 is 0 Å². The van der Waals surface area contributed by atoms with Crippen LogP contribution in [0.4, 0.5) is 5.69 Å². The molecule has 2 N–H and O–H groups in total. The second-order valence-electron chi connectivity index (χ2n) is 4.10. The lowest BCUT2D eigenvalue weighted by molar-refractivity contribution is -0.121. The molecule has 0 spiro atoms. The first-order chi connectivity index (χ1) is 9.65. The van der Waals surface area contributed by atoms with Crippen LogP contribution in [0, 0.1) is 0 Å². The molecule has 7 nitrogen and oxygen atoms in total. The molecule has 1 aromatic heterocycles. The van der Waals surface area contributed by atoms with Gasteiger partial charge < -0.3 is 5.32 Å². The highest BCUT2D eigenvalue weighted by Gasteiger charge is 2.20. The Morgan fingerprint density at radius 3 is 2.95 bits per heavy atom. The van der Waals surface area contributed by atoms with Crippen LogP contribution in [0.1, 0.15) is 12.8 Å². The smallest absolute Gasteiger partial charge is 0.271 e. The molecule has 0 atom stereocenters. The summed E-state index contributed by atoms with van der Waals surface area (Å²) in [6.45, 7) is 0. The number of fused-ring (bicyclic) bond motifs is 1. The van der Waals surface area contributed by atoms with Crippen LogP contribution >= 0.6 is 23.3 Å². The predicted molar refractivity (Wildman–Crippen MR) is 75.9 cm³/mol. The van der Waals surface area contributed by atoms with Gasteiger partial charge in [0.25, 0.3) is 5.91 Å². The average molecular weight is 310 g/mol. The first-order valence-electron chi connectivity index (χ1n) is 5.72. The fourth-order valence-corrected chi connectivity index (χ4v) is 2.51. The van der Waals surface area contributed by atoms with E-state index in [2.05, 4.69) is 24.6 Å². The van der Waals surface area contributed by atoms with E-state index in [4.69, 9.17) is 11.6 Å². The summed E-state index contributed by atoms with van der Waals surface area (Å²) in [4.78, 5) is 23.1. The molecule has 1 aromatic carbocycles. The number of hydrogen-bond donors (Lipinski definition) is 2. The number of halogens is 1. The Kier molecular flexibility index (Phi) is 3.33. The van der Waals surface area contributed by atoms with Gasteiger partial charge in [-0.15, -0.1) is 0 Å². The van der Waals surface area contributed by atoms with Crippen molar-refractivity contribution in [3.8, 4) is 0 Å². The van der Waals surface area contributed by atoms with Crippen LogP contribution in [0.25, 0.3) is 11.0 Å². The van der Waals surface area contributed by atoms with Gasteiger partial charge in [-0.1, -0.05) is 11.6 Å². The van der Waals surface area contributed by atoms with E-state index in [0.29, 0.717) is 28.2 Å².